The van der Waals surface area contributed by atoms with Crippen molar-refractivity contribution < 1.29 is 13.2 Å². The van der Waals surface area contributed by atoms with E-state index in [0.29, 0.717) is 11.4 Å². The third kappa shape index (κ3) is 4.01. The number of pyridine rings is 1. The number of methoxy groups -OCH3 is 1. The summed E-state index contributed by atoms with van der Waals surface area (Å²) in [4.78, 5) is 4.29. The molecule has 0 unspecified atom stereocenters. The fourth-order valence-corrected chi connectivity index (χ4v) is 4.41. The lowest BCUT2D eigenvalue weighted by molar-refractivity contribution is 0.375. The Morgan fingerprint density at radius 3 is 2.52 bits per heavy atom. The zero-order valence-electron chi connectivity index (χ0n) is 15.5. The molecule has 0 aliphatic rings. The van der Waals surface area contributed by atoms with E-state index in [1.807, 2.05) is 30.3 Å². The van der Waals surface area contributed by atoms with Crippen LogP contribution in [0.4, 0.5) is 0 Å². The van der Waals surface area contributed by atoms with E-state index in [0.717, 1.165) is 11.1 Å². The largest absolute Gasteiger partial charge is 0.496 e. The molecule has 0 bridgehead atoms. The predicted molar refractivity (Wildman–Crippen MR) is 102 cm³/mol. The van der Waals surface area contributed by atoms with Crippen LogP contribution in [-0.4, -0.2) is 34.6 Å². The number of para-hydroxylation sites is 1. The number of hydrogen-bond acceptors (Lipinski definition) is 5. The Balaban J connectivity index is 2.03. The fourth-order valence-electron chi connectivity index (χ4n) is 2.82. The lowest BCUT2D eigenvalue weighted by atomic mass is 10.2. The third-order valence-corrected chi connectivity index (χ3v) is 6.32. The van der Waals surface area contributed by atoms with Gasteiger partial charge in [0.25, 0.3) is 0 Å². The molecule has 3 rings (SSSR count). The molecule has 2 heterocycles. The summed E-state index contributed by atoms with van der Waals surface area (Å²) in [6, 6.07) is 11.0. The second kappa shape index (κ2) is 7.89. The quantitative estimate of drug-likeness (QED) is 0.624. The number of aryl methyl sites for hydroxylation is 1. The summed E-state index contributed by atoms with van der Waals surface area (Å²) in [5.74, 6) is 0.645. The molecule has 0 saturated heterocycles. The summed E-state index contributed by atoms with van der Waals surface area (Å²) in [6.07, 6.45) is 4.72. The van der Waals surface area contributed by atoms with Gasteiger partial charge in [-0.25, -0.2) is 8.42 Å². The number of rotatable bonds is 7. The van der Waals surface area contributed by atoms with Gasteiger partial charge in [0.15, 0.2) is 0 Å². The van der Waals surface area contributed by atoms with E-state index in [2.05, 4.69) is 10.1 Å². The number of benzene rings is 1. The van der Waals surface area contributed by atoms with Gasteiger partial charge in [-0.15, -0.1) is 0 Å². The minimum Gasteiger partial charge on any atom is -0.496 e. The van der Waals surface area contributed by atoms with E-state index >= 15 is 0 Å². The first-order valence-corrected chi connectivity index (χ1v) is 9.87. The topological polar surface area (TPSA) is 77.3 Å². The van der Waals surface area contributed by atoms with Crippen molar-refractivity contribution in [2.75, 3.05) is 7.11 Å². The van der Waals surface area contributed by atoms with Crippen LogP contribution in [0.1, 0.15) is 16.8 Å². The molecule has 142 valence electrons. The molecule has 0 N–H and O–H groups in total. The number of hydrogen-bond donors (Lipinski definition) is 0. The van der Waals surface area contributed by atoms with Gasteiger partial charge >= 0.3 is 0 Å². The number of nitrogens with zero attached hydrogens (tertiary/aromatic N) is 4. The van der Waals surface area contributed by atoms with Crippen LogP contribution >= 0.6 is 0 Å². The highest BCUT2D eigenvalue weighted by Gasteiger charge is 2.29. The van der Waals surface area contributed by atoms with Crippen LogP contribution in [0.15, 0.2) is 59.9 Å². The van der Waals surface area contributed by atoms with Gasteiger partial charge in [-0.05, 0) is 24.6 Å². The van der Waals surface area contributed by atoms with Crippen molar-refractivity contribution in [3.8, 4) is 5.75 Å². The predicted octanol–water partition coefficient (Wildman–Crippen LogP) is 2.52. The molecular formula is C19H22N4O3S. The molecule has 0 aliphatic heterocycles. The van der Waals surface area contributed by atoms with Crippen LogP contribution in [0.5, 0.6) is 5.75 Å². The first-order chi connectivity index (χ1) is 12.9. The van der Waals surface area contributed by atoms with Gasteiger partial charge in [-0.2, -0.15) is 9.40 Å². The summed E-state index contributed by atoms with van der Waals surface area (Å²) in [5.41, 5.74) is 2.18. The zero-order valence-corrected chi connectivity index (χ0v) is 16.3. The molecule has 0 fully saturated rings. The highest BCUT2D eigenvalue weighted by molar-refractivity contribution is 7.89. The smallest absolute Gasteiger partial charge is 0.247 e. The van der Waals surface area contributed by atoms with E-state index in [9.17, 15) is 8.42 Å². The monoisotopic (exact) mass is 386 g/mol. The molecular weight excluding hydrogens is 364 g/mol. The van der Waals surface area contributed by atoms with E-state index in [1.165, 1.54) is 10.5 Å². The minimum absolute atomic E-state index is 0.176. The van der Waals surface area contributed by atoms with Gasteiger partial charge in [-0.1, -0.05) is 24.3 Å². The van der Waals surface area contributed by atoms with Gasteiger partial charge in [0, 0.05) is 38.1 Å². The SMILES string of the molecule is COc1ccccc1CN(Cc1cccnc1)S(=O)(=O)c1cnn(C)c1C. The van der Waals surface area contributed by atoms with E-state index in [-0.39, 0.29) is 18.0 Å². The van der Waals surface area contributed by atoms with Crippen LogP contribution in [0.2, 0.25) is 0 Å². The van der Waals surface area contributed by atoms with Crippen molar-refractivity contribution in [1.29, 1.82) is 0 Å². The fraction of sp³-hybridized carbons (Fsp3) is 0.263. The zero-order chi connectivity index (χ0) is 19.4. The van der Waals surface area contributed by atoms with Crippen molar-refractivity contribution in [1.82, 2.24) is 19.1 Å². The van der Waals surface area contributed by atoms with E-state index in [1.54, 1.807) is 44.2 Å². The summed E-state index contributed by atoms with van der Waals surface area (Å²) < 4.78 is 35.1. The molecule has 8 heteroatoms. The van der Waals surface area contributed by atoms with Crippen molar-refractivity contribution in [2.45, 2.75) is 24.9 Å². The number of aromatic nitrogens is 3. The van der Waals surface area contributed by atoms with Gasteiger partial charge in [0.05, 0.1) is 19.0 Å². The van der Waals surface area contributed by atoms with Crippen LogP contribution < -0.4 is 4.74 Å². The molecule has 3 aromatic rings. The Kier molecular flexibility index (Phi) is 5.57. The maximum Gasteiger partial charge on any atom is 0.247 e. The standard InChI is InChI=1S/C19H22N4O3S/c1-15-19(12-21-22(15)2)27(24,25)23(13-16-7-6-10-20-11-16)14-17-8-4-5-9-18(17)26-3/h4-12H,13-14H2,1-3H3. The second-order valence-corrected chi connectivity index (χ2v) is 8.07. The lowest BCUT2D eigenvalue weighted by Gasteiger charge is -2.23. The Morgan fingerprint density at radius 1 is 1.11 bits per heavy atom. The summed E-state index contributed by atoms with van der Waals surface area (Å²) >= 11 is 0. The van der Waals surface area contributed by atoms with Crippen molar-refractivity contribution in [2.24, 2.45) is 7.05 Å². The highest BCUT2D eigenvalue weighted by atomic mass is 32.2. The molecule has 0 amide bonds. The molecule has 0 spiro atoms. The second-order valence-electron chi connectivity index (χ2n) is 6.16. The van der Waals surface area contributed by atoms with E-state index in [4.69, 9.17) is 4.74 Å². The maximum absolute atomic E-state index is 13.4. The molecule has 0 saturated carbocycles. The van der Waals surface area contributed by atoms with Crippen molar-refractivity contribution in [3.05, 3.63) is 71.8 Å². The first kappa shape index (κ1) is 19.1. The van der Waals surface area contributed by atoms with Crippen molar-refractivity contribution >= 4 is 10.0 Å². The average molecular weight is 386 g/mol. The third-order valence-electron chi connectivity index (χ3n) is 4.43. The first-order valence-electron chi connectivity index (χ1n) is 8.43. The maximum atomic E-state index is 13.4. The Bertz CT molecular complexity index is 1020. The van der Waals surface area contributed by atoms with Crippen molar-refractivity contribution in [3.63, 3.8) is 0 Å². The molecule has 0 radical (unpaired) electrons. The van der Waals surface area contributed by atoms with Crippen LogP contribution in [0, 0.1) is 6.92 Å². The highest BCUT2D eigenvalue weighted by Crippen LogP contribution is 2.26. The summed E-state index contributed by atoms with van der Waals surface area (Å²) in [6.45, 7) is 2.11. The Morgan fingerprint density at radius 2 is 1.89 bits per heavy atom. The number of ether oxygens (including phenoxy) is 1. The van der Waals surface area contributed by atoms with Gasteiger partial charge in [0.1, 0.15) is 10.6 Å². The average Bonchev–Trinajstić information content (AvgIpc) is 3.02. The summed E-state index contributed by atoms with van der Waals surface area (Å²) in [5, 5.41) is 4.09. The van der Waals surface area contributed by atoms with Gasteiger partial charge in [-0.3, -0.25) is 9.67 Å². The molecule has 0 atom stereocenters. The lowest BCUT2D eigenvalue weighted by Crippen LogP contribution is -2.30. The van der Waals surface area contributed by atoms with Crippen LogP contribution in [0.3, 0.4) is 0 Å². The Labute approximate surface area is 159 Å². The summed E-state index contributed by atoms with van der Waals surface area (Å²) in [7, 11) is -0.470. The van der Waals surface area contributed by atoms with Crippen LogP contribution in [-0.2, 0) is 30.2 Å². The molecule has 1 aromatic carbocycles. The molecule has 27 heavy (non-hydrogen) atoms. The van der Waals surface area contributed by atoms with Crippen LogP contribution in [0.25, 0.3) is 0 Å². The van der Waals surface area contributed by atoms with Gasteiger partial charge in [0.2, 0.25) is 10.0 Å². The van der Waals surface area contributed by atoms with Gasteiger partial charge < -0.3 is 4.74 Å². The number of sulfonamides is 1. The molecule has 0 aliphatic carbocycles. The van der Waals surface area contributed by atoms with E-state index < -0.39 is 10.0 Å². The molecule has 7 nitrogen and oxygen atoms in total. The molecule has 2 aromatic heterocycles. The Hall–Kier alpha value is -2.71. The minimum atomic E-state index is -3.77. The normalized spacial score (nSPS) is 11.7.